The zero-order valence-electron chi connectivity index (χ0n) is 30.5. The van der Waals surface area contributed by atoms with Gasteiger partial charge in [0.1, 0.15) is 12.1 Å². The number of nitrogens with zero attached hydrogens (tertiary/aromatic N) is 4. The summed E-state index contributed by atoms with van der Waals surface area (Å²) >= 11 is 0. The standard InChI is InChI=1S/C50H34N4/c1-49(2)37-17-9-5-15-35(37)45-39(49)23-21-33-31-13-7-11-19-41(31)53(47(33)45)43-25-30(28-52)44(26-29(43)27-51)54-42-20-12-8-14-32(42)34-22-24-40-46(48(34)54)36-16-6-10-18-38(36)50(40,3)4/h5-26H,1-4H3. The molecule has 0 radical (unpaired) electrons. The van der Waals surface area contributed by atoms with Gasteiger partial charge in [-0.05, 0) is 57.6 Å². The Bertz CT molecular complexity index is 3020. The molecule has 0 unspecified atom stereocenters. The lowest BCUT2D eigenvalue weighted by Crippen LogP contribution is -2.14. The number of fused-ring (bicyclic) bond motifs is 14. The Labute approximate surface area is 313 Å². The highest BCUT2D eigenvalue weighted by Gasteiger charge is 2.39. The Morgan fingerprint density at radius 3 is 1.24 bits per heavy atom. The zero-order chi connectivity index (χ0) is 36.7. The van der Waals surface area contributed by atoms with Crippen molar-refractivity contribution in [3.63, 3.8) is 0 Å². The highest BCUT2D eigenvalue weighted by molar-refractivity contribution is 6.17. The van der Waals surface area contributed by atoms with E-state index in [9.17, 15) is 10.5 Å². The van der Waals surface area contributed by atoms with Crippen LogP contribution in [0.25, 0.3) is 77.2 Å². The highest BCUT2D eigenvalue weighted by atomic mass is 15.0. The van der Waals surface area contributed by atoms with Crippen molar-refractivity contribution < 1.29 is 0 Å². The molecule has 0 atom stereocenters. The maximum Gasteiger partial charge on any atom is 0.101 e. The summed E-state index contributed by atoms with van der Waals surface area (Å²) in [6, 6.07) is 52.4. The van der Waals surface area contributed by atoms with E-state index in [1.807, 2.05) is 12.1 Å². The van der Waals surface area contributed by atoms with Crippen molar-refractivity contribution in [3.8, 4) is 45.8 Å². The third-order valence-electron chi connectivity index (χ3n) is 12.6. The van der Waals surface area contributed by atoms with Crippen LogP contribution in [0.5, 0.6) is 0 Å². The normalized spacial score (nSPS) is 14.6. The molecule has 4 nitrogen and oxygen atoms in total. The van der Waals surface area contributed by atoms with Crippen molar-refractivity contribution in [2.45, 2.75) is 38.5 Å². The van der Waals surface area contributed by atoms with Crippen LogP contribution >= 0.6 is 0 Å². The first-order valence-electron chi connectivity index (χ1n) is 18.6. The van der Waals surface area contributed by atoms with Crippen LogP contribution in [0.1, 0.15) is 61.1 Å². The SMILES string of the molecule is CC1(C)c2ccccc2-c2c1ccc1c3ccccc3n(-c3cc(C#N)c(-n4c5ccccc5c5ccc6c(c54)-c4ccccc4C6(C)C)cc3C#N)c21. The van der Waals surface area contributed by atoms with Crippen molar-refractivity contribution in [3.05, 3.63) is 167 Å². The summed E-state index contributed by atoms with van der Waals surface area (Å²) in [7, 11) is 0. The number of benzene rings is 7. The number of nitriles is 2. The maximum absolute atomic E-state index is 11.1. The fraction of sp³-hybridized carbons (Fsp3) is 0.120. The molecular formula is C50H34N4. The van der Waals surface area contributed by atoms with Gasteiger partial charge in [-0.1, -0.05) is 137 Å². The monoisotopic (exact) mass is 690 g/mol. The quantitative estimate of drug-likeness (QED) is 0.181. The number of para-hydroxylation sites is 2. The summed E-state index contributed by atoms with van der Waals surface area (Å²) in [5, 5.41) is 26.7. The van der Waals surface area contributed by atoms with Crippen LogP contribution < -0.4 is 0 Å². The third kappa shape index (κ3) is 3.65. The number of aromatic nitrogens is 2. The summed E-state index contributed by atoms with van der Waals surface area (Å²) in [4.78, 5) is 0. The van der Waals surface area contributed by atoms with E-state index in [1.165, 1.54) is 44.5 Å². The third-order valence-corrected chi connectivity index (χ3v) is 12.6. The molecule has 0 spiro atoms. The predicted molar refractivity (Wildman–Crippen MR) is 220 cm³/mol. The van der Waals surface area contributed by atoms with E-state index in [4.69, 9.17) is 0 Å². The van der Waals surface area contributed by atoms with Crippen LogP contribution in [-0.4, -0.2) is 9.13 Å². The minimum atomic E-state index is -0.189. The first-order chi connectivity index (χ1) is 26.3. The second kappa shape index (κ2) is 10.4. The molecule has 2 aliphatic carbocycles. The second-order valence-corrected chi connectivity index (χ2v) is 15.9. The van der Waals surface area contributed by atoms with E-state index in [2.05, 4.69) is 170 Å². The Morgan fingerprint density at radius 2 is 0.815 bits per heavy atom. The van der Waals surface area contributed by atoms with Gasteiger partial charge in [0.05, 0.1) is 44.6 Å². The van der Waals surface area contributed by atoms with E-state index in [1.54, 1.807) is 0 Å². The molecule has 0 N–H and O–H groups in total. The van der Waals surface area contributed by atoms with Gasteiger partial charge in [0.2, 0.25) is 0 Å². The van der Waals surface area contributed by atoms with Gasteiger partial charge in [-0.25, -0.2) is 0 Å². The van der Waals surface area contributed by atoms with Crippen LogP contribution in [0.4, 0.5) is 0 Å². The van der Waals surface area contributed by atoms with Crippen LogP contribution in [0.2, 0.25) is 0 Å². The summed E-state index contributed by atoms with van der Waals surface area (Å²) in [6.45, 7) is 9.17. The molecule has 254 valence electrons. The van der Waals surface area contributed by atoms with Crippen LogP contribution in [0.3, 0.4) is 0 Å². The zero-order valence-corrected chi connectivity index (χ0v) is 30.5. The Morgan fingerprint density at radius 1 is 0.426 bits per heavy atom. The Hall–Kier alpha value is -6.88. The first-order valence-corrected chi connectivity index (χ1v) is 18.6. The smallest absolute Gasteiger partial charge is 0.101 e. The van der Waals surface area contributed by atoms with Crippen molar-refractivity contribution >= 4 is 43.6 Å². The van der Waals surface area contributed by atoms with Crippen LogP contribution in [-0.2, 0) is 10.8 Å². The molecule has 0 saturated heterocycles. The van der Waals surface area contributed by atoms with Gasteiger partial charge < -0.3 is 9.13 Å². The van der Waals surface area contributed by atoms with Gasteiger partial charge >= 0.3 is 0 Å². The lowest BCUT2D eigenvalue weighted by molar-refractivity contribution is 0.660. The second-order valence-electron chi connectivity index (χ2n) is 15.9. The molecule has 0 fully saturated rings. The molecule has 11 rings (SSSR count). The van der Waals surface area contributed by atoms with Gasteiger partial charge in [0, 0.05) is 43.5 Å². The van der Waals surface area contributed by atoms with Crippen molar-refractivity contribution in [1.29, 1.82) is 10.5 Å². The molecule has 2 aromatic heterocycles. The van der Waals surface area contributed by atoms with Gasteiger partial charge in [0.25, 0.3) is 0 Å². The first kappa shape index (κ1) is 30.7. The lowest BCUT2D eigenvalue weighted by atomic mass is 9.82. The Balaban J connectivity index is 1.27. The summed E-state index contributed by atoms with van der Waals surface area (Å²) < 4.78 is 4.49. The van der Waals surface area contributed by atoms with E-state index in [0.29, 0.717) is 22.5 Å². The average Bonchev–Trinajstić information content (AvgIpc) is 3.86. The van der Waals surface area contributed by atoms with Crippen LogP contribution in [0.15, 0.2) is 133 Å². The van der Waals surface area contributed by atoms with Gasteiger partial charge in [-0.15, -0.1) is 0 Å². The van der Waals surface area contributed by atoms with Gasteiger partial charge in [-0.3, -0.25) is 0 Å². The fourth-order valence-electron chi connectivity index (χ4n) is 10.1. The minimum absolute atomic E-state index is 0.189. The number of rotatable bonds is 2. The van der Waals surface area contributed by atoms with E-state index in [0.717, 1.165) is 43.6 Å². The maximum atomic E-state index is 11.1. The number of hydrogen-bond acceptors (Lipinski definition) is 2. The summed E-state index contributed by atoms with van der Waals surface area (Å²) in [5.74, 6) is 0. The average molecular weight is 691 g/mol. The summed E-state index contributed by atoms with van der Waals surface area (Å²) in [5.41, 5.74) is 16.1. The van der Waals surface area contributed by atoms with Crippen molar-refractivity contribution in [1.82, 2.24) is 9.13 Å². The molecule has 9 aromatic rings. The summed E-state index contributed by atoms with van der Waals surface area (Å²) in [6.07, 6.45) is 0. The van der Waals surface area contributed by atoms with E-state index < -0.39 is 0 Å². The van der Waals surface area contributed by atoms with E-state index in [-0.39, 0.29) is 10.8 Å². The molecule has 0 aliphatic heterocycles. The van der Waals surface area contributed by atoms with Gasteiger partial charge in [0.15, 0.2) is 0 Å². The van der Waals surface area contributed by atoms with Crippen molar-refractivity contribution in [2.24, 2.45) is 0 Å². The molecule has 54 heavy (non-hydrogen) atoms. The van der Waals surface area contributed by atoms with E-state index >= 15 is 0 Å². The topological polar surface area (TPSA) is 57.4 Å². The molecule has 0 bridgehead atoms. The molecule has 2 heterocycles. The van der Waals surface area contributed by atoms with Gasteiger partial charge in [-0.2, -0.15) is 10.5 Å². The minimum Gasteiger partial charge on any atom is -0.307 e. The molecule has 0 amide bonds. The lowest BCUT2D eigenvalue weighted by Gasteiger charge is -2.22. The molecule has 4 heteroatoms. The highest BCUT2D eigenvalue weighted by Crippen LogP contribution is 2.55. The molecule has 0 saturated carbocycles. The van der Waals surface area contributed by atoms with Crippen LogP contribution in [0, 0.1) is 22.7 Å². The largest absolute Gasteiger partial charge is 0.307 e. The molecular weight excluding hydrogens is 657 g/mol. The predicted octanol–water partition coefficient (Wildman–Crippen LogP) is 12.2. The fourth-order valence-corrected chi connectivity index (χ4v) is 10.1. The molecule has 7 aromatic carbocycles. The Kier molecular flexibility index (Phi) is 5.90. The van der Waals surface area contributed by atoms with Crippen molar-refractivity contribution in [2.75, 3.05) is 0 Å². The number of hydrogen-bond donors (Lipinski definition) is 0. The molecule has 2 aliphatic rings.